The standard InChI is InChI=1S/C26H23N5O4/c1-16-3-2-4-17(9-16)13-28-26(34)22-12-21(30-24-7-8-29-31(22)24)25(33)27-14-18-5-6-23-19(10-18)11-20(32)15-35-23/h2-10,12H,11,13-15H2,1H3,(H,27,33)(H,28,34). The molecule has 4 aromatic rings. The van der Waals surface area contributed by atoms with Crippen molar-refractivity contribution in [3.8, 4) is 5.75 Å². The molecule has 176 valence electrons. The molecule has 0 unspecified atom stereocenters. The van der Waals surface area contributed by atoms with Gasteiger partial charge < -0.3 is 15.4 Å². The monoisotopic (exact) mass is 469 g/mol. The molecule has 1 aliphatic heterocycles. The van der Waals surface area contributed by atoms with Crippen molar-refractivity contribution in [2.75, 3.05) is 6.61 Å². The number of rotatable bonds is 6. The zero-order chi connectivity index (χ0) is 24.4. The van der Waals surface area contributed by atoms with Crippen LogP contribution in [0.4, 0.5) is 0 Å². The normalized spacial score (nSPS) is 12.7. The highest BCUT2D eigenvalue weighted by molar-refractivity contribution is 5.98. The van der Waals surface area contributed by atoms with Gasteiger partial charge in [0.15, 0.2) is 11.4 Å². The fraction of sp³-hybridized carbons (Fsp3) is 0.192. The highest BCUT2D eigenvalue weighted by Crippen LogP contribution is 2.24. The van der Waals surface area contributed by atoms with Gasteiger partial charge in [-0.1, -0.05) is 35.9 Å². The Bertz CT molecular complexity index is 1460. The number of fused-ring (bicyclic) bond motifs is 2. The average Bonchev–Trinajstić information content (AvgIpc) is 3.34. The summed E-state index contributed by atoms with van der Waals surface area (Å²) in [7, 11) is 0. The molecule has 0 bridgehead atoms. The molecule has 0 saturated carbocycles. The molecule has 0 radical (unpaired) electrons. The summed E-state index contributed by atoms with van der Waals surface area (Å²) in [6.45, 7) is 2.66. The maximum Gasteiger partial charge on any atom is 0.270 e. The minimum Gasteiger partial charge on any atom is -0.486 e. The number of nitrogens with one attached hydrogen (secondary N) is 2. The van der Waals surface area contributed by atoms with Crippen LogP contribution in [0.2, 0.25) is 0 Å². The summed E-state index contributed by atoms with van der Waals surface area (Å²) in [5.74, 6) is -0.0819. The Balaban J connectivity index is 1.31. The third-order valence-electron chi connectivity index (χ3n) is 5.71. The van der Waals surface area contributed by atoms with Crippen LogP contribution in [-0.4, -0.2) is 38.8 Å². The van der Waals surface area contributed by atoms with E-state index < -0.39 is 5.91 Å². The van der Waals surface area contributed by atoms with Gasteiger partial charge in [-0.05, 0) is 30.2 Å². The van der Waals surface area contributed by atoms with E-state index in [1.54, 1.807) is 12.1 Å². The number of aryl methyl sites for hydroxylation is 1. The van der Waals surface area contributed by atoms with Crippen LogP contribution in [0.15, 0.2) is 60.8 Å². The molecule has 0 atom stereocenters. The number of benzene rings is 2. The predicted octanol–water partition coefficient (Wildman–Crippen LogP) is 2.40. The first-order valence-corrected chi connectivity index (χ1v) is 11.2. The summed E-state index contributed by atoms with van der Waals surface area (Å²) in [5.41, 5.74) is 4.42. The number of ketones is 1. The summed E-state index contributed by atoms with van der Waals surface area (Å²) in [4.78, 5) is 41.9. The van der Waals surface area contributed by atoms with E-state index in [1.807, 2.05) is 43.3 Å². The first kappa shape index (κ1) is 22.3. The molecule has 0 saturated heterocycles. The molecule has 5 rings (SSSR count). The summed E-state index contributed by atoms with van der Waals surface area (Å²) >= 11 is 0. The second kappa shape index (κ2) is 9.38. The number of ether oxygens (including phenoxy) is 1. The molecule has 0 aliphatic carbocycles. The van der Waals surface area contributed by atoms with Gasteiger partial charge in [-0.2, -0.15) is 5.10 Å². The van der Waals surface area contributed by atoms with Crippen molar-refractivity contribution >= 4 is 23.2 Å². The van der Waals surface area contributed by atoms with Crippen molar-refractivity contribution in [2.24, 2.45) is 0 Å². The van der Waals surface area contributed by atoms with Crippen molar-refractivity contribution in [1.82, 2.24) is 25.2 Å². The minimum atomic E-state index is -0.425. The van der Waals surface area contributed by atoms with Gasteiger partial charge >= 0.3 is 0 Å². The molecule has 2 amide bonds. The quantitative estimate of drug-likeness (QED) is 0.448. The molecule has 2 aromatic heterocycles. The van der Waals surface area contributed by atoms with Gasteiger partial charge in [0.2, 0.25) is 0 Å². The van der Waals surface area contributed by atoms with Crippen LogP contribution in [0.3, 0.4) is 0 Å². The molecule has 3 heterocycles. The Morgan fingerprint density at radius 2 is 1.80 bits per heavy atom. The first-order valence-electron chi connectivity index (χ1n) is 11.2. The number of carbonyl (C=O) groups excluding carboxylic acids is 3. The highest BCUT2D eigenvalue weighted by Gasteiger charge is 2.19. The van der Waals surface area contributed by atoms with E-state index in [0.717, 1.165) is 22.3 Å². The first-order chi connectivity index (χ1) is 17.0. The van der Waals surface area contributed by atoms with Crippen molar-refractivity contribution in [3.63, 3.8) is 0 Å². The Morgan fingerprint density at radius 3 is 2.63 bits per heavy atom. The number of aromatic nitrogens is 3. The lowest BCUT2D eigenvalue weighted by molar-refractivity contribution is -0.121. The number of hydrogen-bond donors (Lipinski definition) is 2. The molecule has 0 spiro atoms. The van der Waals surface area contributed by atoms with Crippen molar-refractivity contribution in [1.29, 1.82) is 0 Å². The van der Waals surface area contributed by atoms with Gasteiger partial charge in [0.05, 0.1) is 6.20 Å². The molecular formula is C26H23N5O4. The fourth-order valence-corrected chi connectivity index (χ4v) is 4.00. The third-order valence-corrected chi connectivity index (χ3v) is 5.71. The predicted molar refractivity (Wildman–Crippen MR) is 127 cm³/mol. The van der Waals surface area contributed by atoms with Gasteiger partial charge in [0.25, 0.3) is 11.8 Å². The Hall–Kier alpha value is -4.53. The minimum absolute atomic E-state index is 0.0187. The molecular weight excluding hydrogens is 446 g/mol. The molecule has 0 fully saturated rings. The van der Waals surface area contributed by atoms with E-state index in [2.05, 4.69) is 20.7 Å². The summed E-state index contributed by atoms with van der Waals surface area (Å²) in [6.07, 6.45) is 1.84. The van der Waals surface area contributed by atoms with E-state index in [1.165, 1.54) is 16.8 Å². The highest BCUT2D eigenvalue weighted by atomic mass is 16.5. The van der Waals surface area contributed by atoms with Gasteiger partial charge in [-0.25, -0.2) is 9.50 Å². The number of carbonyl (C=O) groups is 3. The van der Waals surface area contributed by atoms with Crippen LogP contribution in [0.5, 0.6) is 5.75 Å². The van der Waals surface area contributed by atoms with Crippen LogP contribution >= 0.6 is 0 Å². The molecule has 9 heteroatoms. The van der Waals surface area contributed by atoms with E-state index in [-0.39, 0.29) is 36.2 Å². The largest absolute Gasteiger partial charge is 0.486 e. The number of Topliss-reactive ketones (excluding diaryl/α,β-unsaturated/α-hetero) is 1. The van der Waals surface area contributed by atoms with Gasteiger partial charge in [-0.15, -0.1) is 0 Å². The molecule has 2 N–H and O–H groups in total. The average molecular weight is 470 g/mol. The Labute approximate surface area is 201 Å². The molecule has 2 aromatic carbocycles. The maximum absolute atomic E-state index is 13.0. The zero-order valence-electron chi connectivity index (χ0n) is 19.1. The van der Waals surface area contributed by atoms with Crippen molar-refractivity contribution < 1.29 is 19.1 Å². The Kier molecular flexibility index (Phi) is 5.97. The van der Waals surface area contributed by atoms with Crippen molar-refractivity contribution in [2.45, 2.75) is 26.4 Å². The van der Waals surface area contributed by atoms with E-state index in [9.17, 15) is 14.4 Å². The molecule has 1 aliphatic rings. The second-order valence-corrected chi connectivity index (χ2v) is 8.43. The van der Waals surface area contributed by atoms with Crippen LogP contribution in [0.25, 0.3) is 5.65 Å². The van der Waals surface area contributed by atoms with Crippen LogP contribution < -0.4 is 15.4 Å². The van der Waals surface area contributed by atoms with Crippen LogP contribution in [0, 0.1) is 6.92 Å². The lowest BCUT2D eigenvalue weighted by Crippen LogP contribution is -2.28. The lowest BCUT2D eigenvalue weighted by atomic mass is 10.0. The second-order valence-electron chi connectivity index (χ2n) is 8.43. The summed E-state index contributed by atoms with van der Waals surface area (Å²) in [5, 5.41) is 9.89. The lowest BCUT2D eigenvalue weighted by Gasteiger charge is -2.17. The van der Waals surface area contributed by atoms with E-state index in [0.29, 0.717) is 24.4 Å². The summed E-state index contributed by atoms with van der Waals surface area (Å²) < 4.78 is 6.82. The SMILES string of the molecule is Cc1cccc(CNC(=O)c2cc(C(=O)NCc3ccc4c(c3)CC(=O)CO4)nc3ccnn23)c1. The zero-order valence-corrected chi connectivity index (χ0v) is 19.1. The van der Waals surface area contributed by atoms with E-state index >= 15 is 0 Å². The topological polar surface area (TPSA) is 115 Å². The van der Waals surface area contributed by atoms with Gasteiger partial charge in [-0.3, -0.25) is 14.4 Å². The Morgan fingerprint density at radius 1 is 1.00 bits per heavy atom. The third kappa shape index (κ3) is 4.89. The number of nitrogens with zero attached hydrogens (tertiary/aromatic N) is 3. The van der Waals surface area contributed by atoms with Crippen LogP contribution in [0.1, 0.15) is 43.2 Å². The smallest absolute Gasteiger partial charge is 0.270 e. The number of amides is 2. The van der Waals surface area contributed by atoms with Gasteiger partial charge in [0.1, 0.15) is 23.7 Å². The number of hydrogen-bond acceptors (Lipinski definition) is 6. The maximum atomic E-state index is 13.0. The van der Waals surface area contributed by atoms with Crippen molar-refractivity contribution in [3.05, 3.63) is 94.4 Å². The van der Waals surface area contributed by atoms with Crippen LogP contribution in [-0.2, 0) is 24.3 Å². The molecule has 35 heavy (non-hydrogen) atoms. The fourth-order valence-electron chi connectivity index (χ4n) is 4.00. The summed E-state index contributed by atoms with van der Waals surface area (Å²) in [6, 6.07) is 16.4. The van der Waals surface area contributed by atoms with Gasteiger partial charge in [0, 0.05) is 37.2 Å². The molecule has 9 nitrogen and oxygen atoms in total. The van der Waals surface area contributed by atoms with E-state index in [4.69, 9.17) is 4.74 Å².